The van der Waals surface area contributed by atoms with Crippen LogP contribution in [0.15, 0.2) is 54.6 Å². The van der Waals surface area contributed by atoms with Gasteiger partial charge in [0.1, 0.15) is 0 Å². The summed E-state index contributed by atoms with van der Waals surface area (Å²) < 4.78 is 0. The molecule has 1 unspecified atom stereocenters. The zero-order valence-corrected chi connectivity index (χ0v) is 12.0. The molecular weight excluding hydrogens is 254 g/mol. The summed E-state index contributed by atoms with van der Waals surface area (Å²) in [5.41, 5.74) is 2.51. The zero-order valence-electron chi connectivity index (χ0n) is 11.3. The minimum absolute atomic E-state index is 0.274. The molecule has 2 aromatic carbocycles. The Morgan fingerprint density at radius 3 is 2.37 bits per heavy atom. The predicted molar refractivity (Wildman–Crippen MR) is 82.6 cm³/mol. The van der Waals surface area contributed by atoms with Crippen LogP contribution in [0.1, 0.15) is 30.5 Å². The van der Waals surface area contributed by atoms with E-state index in [1.807, 2.05) is 24.3 Å². The number of hydrogen-bond acceptors (Lipinski definition) is 1. The molecule has 0 radical (unpaired) electrons. The summed E-state index contributed by atoms with van der Waals surface area (Å²) in [7, 11) is 0. The molecule has 19 heavy (non-hydrogen) atoms. The van der Waals surface area contributed by atoms with Gasteiger partial charge in [-0.15, -0.1) is 0 Å². The lowest BCUT2D eigenvalue weighted by atomic mass is 9.98. The third-order valence-electron chi connectivity index (χ3n) is 3.20. The number of hydrogen-bond donors (Lipinski definition) is 1. The van der Waals surface area contributed by atoms with Crippen LogP contribution >= 0.6 is 11.6 Å². The molecule has 0 saturated heterocycles. The lowest BCUT2D eigenvalue weighted by Crippen LogP contribution is -2.24. The fourth-order valence-corrected chi connectivity index (χ4v) is 2.49. The summed E-state index contributed by atoms with van der Waals surface area (Å²) in [4.78, 5) is 0. The summed E-state index contributed by atoms with van der Waals surface area (Å²) in [5, 5.41) is 4.43. The molecule has 0 fully saturated rings. The lowest BCUT2D eigenvalue weighted by molar-refractivity contribution is 0.529. The van der Waals surface area contributed by atoms with E-state index in [0.29, 0.717) is 0 Å². The van der Waals surface area contributed by atoms with Crippen molar-refractivity contribution in [2.24, 2.45) is 0 Å². The number of nitrogens with one attached hydrogen (secondary N) is 1. The van der Waals surface area contributed by atoms with Gasteiger partial charge >= 0.3 is 0 Å². The van der Waals surface area contributed by atoms with Crippen molar-refractivity contribution in [2.75, 3.05) is 6.54 Å². The van der Waals surface area contributed by atoms with Crippen LogP contribution in [0.3, 0.4) is 0 Å². The highest BCUT2D eigenvalue weighted by atomic mass is 35.5. The van der Waals surface area contributed by atoms with Crippen LogP contribution in [0.25, 0.3) is 0 Å². The van der Waals surface area contributed by atoms with E-state index >= 15 is 0 Å². The van der Waals surface area contributed by atoms with Crippen LogP contribution in [0.5, 0.6) is 0 Å². The third-order valence-corrected chi connectivity index (χ3v) is 3.55. The monoisotopic (exact) mass is 273 g/mol. The van der Waals surface area contributed by atoms with Gasteiger partial charge in [0.05, 0.1) is 0 Å². The first-order valence-electron chi connectivity index (χ1n) is 6.83. The topological polar surface area (TPSA) is 12.0 Å². The standard InChI is InChI=1S/C17H20ClN/c1-2-12-19-17(13-14-8-4-3-5-9-14)15-10-6-7-11-16(15)18/h3-11,17,19H,2,12-13H2,1H3. The van der Waals surface area contributed by atoms with E-state index in [9.17, 15) is 0 Å². The first-order valence-corrected chi connectivity index (χ1v) is 7.20. The largest absolute Gasteiger partial charge is 0.310 e. The smallest absolute Gasteiger partial charge is 0.0453 e. The second kappa shape index (κ2) is 7.32. The molecular formula is C17H20ClN. The molecule has 2 heteroatoms. The first-order chi connectivity index (χ1) is 9.31. The van der Waals surface area contributed by atoms with Crippen LogP contribution < -0.4 is 5.32 Å². The highest BCUT2D eigenvalue weighted by Gasteiger charge is 2.14. The molecule has 0 amide bonds. The molecule has 100 valence electrons. The highest BCUT2D eigenvalue weighted by Crippen LogP contribution is 2.25. The Morgan fingerprint density at radius 2 is 1.68 bits per heavy atom. The van der Waals surface area contributed by atoms with Gasteiger partial charge in [0, 0.05) is 11.1 Å². The quantitative estimate of drug-likeness (QED) is 0.810. The molecule has 0 bridgehead atoms. The lowest BCUT2D eigenvalue weighted by Gasteiger charge is -2.20. The maximum Gasteiger partial charge on any atom is 0.0453 e. The first kappa shape index (κ1) is 14.1. The van der Waals surface area contributed by atoms with Crippen molar-refractivity contribution in [3.05, 3.63) is 70.7 Å². The summed E-state index contributed by atoms with van der Waals surface area (Å²) in [5.74, 6) is 0. The van der Waals surface area contributed by atoms with Crippen molar-refractivity contribution < 1.29 is 0 Å². The number of benzene rings is 2. The Balaban J connectivity index is 2.19. The van der Waals surface area contributed by atoms with Crippen LogP contribution in [-0.2, 0) is 6.42 Å². The molecule has 1 atom stereocenters. The van der Waals surface area contributed by atoms with Crippen molar-refractivity contribution in [1.82, 2.24) is 5.32 Å². The fourth-order valence-electron chi connectivity index (χ4n) is 2.22. The second-order valence-corrected chi connectivity index (χ2v) is 5.13. The zero-order chi connectivity index (χ0) is 13.5. The molecule has 0 aromatic heterocycles. The summed E-state index contributed by atoms with van der Waals surface area (Å²) >= 11 is 6.32. The van der Waals surface area contributed by atoms with Gasteiger partial charge in [-0.3, -0.25) is 0 Å². The van der Waals surface area contributed by atoms with Crippen molar-refractivity contribution in [1.29, 1.82) is 0 Å². The van der Waals surface area contributed by atoms with E-state index in [1.54, 1.807) is 0 Å². The molecule has 0 aliphatic rings. The summed E-state index contributed by atoms with van der Waals surface area (Å²) in [6, 6.07) is 18.9. The minimum Gasteiger partial charge on any atom is -0.310 e. The van der Waals surface area contributed by atoms with Gasteiger partial charge in [0.15, 0.2) is 0 Å². The molecule has 2 rings (SSSR count). The number of rotatable bonds is 6. The van der Waals surface area contributed by atoms with Gasteiger partial charge in [-0.05, 0) is 36.6 Å². The molecule has 0 saturated carbocycles. The van der Waals surface area contributed by atoms with Gasteiger partial charge in [-0.25, -0.2) is 0 Å². The van der Waals surface area contributed by atoms with Gasteiger partial charge < -0.3 is 5.32 Å². The van der Waals surface area contributed by atoms with Crippen LogP contribution in [0.2, 0.25) is 5.02 Å². The Hall–Kier alpha value is -1.31. The van der Waals surface area contributed by atoms with Gasteiger partial charge in [0.25, 0.3) is 0 Å². The van der Waals surface area contributed by atoms with Crippen molar-refractivity contribution in [3.8, 4) is 0 Å². The van der Waals surface area contributed by atoms with Crippen molar-refractivity contribution >= 4 is 11.6 Å². The Labute approximate surface area is 120 Å². The molecule has 1 nitrogen and oxygen atoms in total. The van der Waals surface area contributed by atoms with Crippen LogP contribution in [-0.4, -0.2) is 6.54 Å². The Kier molecular flexibility index (Phi) is 5.44. The average Bonchev–Trinajstić information content (AvgIpc) is 2.45. The Bertz CT molecular complexity index is 496. The number of halogens is 1. The van der Waals surface area contributed by atoms with Gasteiger partial charge in [0.2, 0.25) is 0 Å². The highest BCUT2D eigenvalue weighted by molar-refractivity contribution is 6.31. The second-order valence-electron chi connectivity index (χ2n) is 4.72. The van der Waals surface area contributed by atoms with E-state index in [-0.39, 0.29) is 6.04 Å². The van der Waals surface area contributed by atoms with E-state index < -0.39 is 0 Å². The molecule has 1 N–H and O–H groups in total. The maximum atomic E-state index is 6.32. The third kappa shape index (κ3) is 4.09. The molecule has 0 spiro atoms. The van der Waals surface area contributed by atoms with E-state index in [0.717, 1.165) is 24.4 Å². The fraction of sp³-hybridized carbons (Fsp3) is 0.294. The SMILES string of the molecule is CCCNC(Cc1ccccc1)c1ccccc1Cl. The molecule has 0 aliphatic carbocycles. The summed E-state index contributed by atoms with van der Waals surface area (Å²) in [6.07, 6.45) is 2.08. The van der Waals surface area contributed by atoms with E-state index in [2.05, 4.69) is 42.6 Å². The van der Waals surface area contributed by atoms with Crippen LogP contribution in [0.4, 0.5) is 0 Å². The maximum absolute atomic E-state index is 6.32. The minimum atomic E-state index is 0.274. The molecule has 2 aromatic rings. The molecule has 0 heterocycles. The normalized spacial score (nSPS) is 12.3. The van der Waals surface area contributed by atoms with Crippen molar-refractivity contribution in [2.45, 2.75) is 25.8 Å². The van der Waals surface area contributed by atoms with Gasteiger partial charge in [-0.2, -0.15) is 0 Å². The molecule has 0 aliphatic heterocycles. The van der Waals surface area contributed by atoms with Gasteiger partial charge in [-0.1, -0.05) is 67.1 Å². The van der Waals surface area contributed by atoms with Crippen molar-refractivity contribution in [3.63, 3.8) is 0 Å². The van der Waals surface area contributed by atoms with E-state index in [1.165, 1.54) is 11.1 Å². The van der Waals surface area contributed by atoms with E-state index in [4.69, 9.17) is 11.6 Å². The van der Waals surface area contributed by atoms with Crippen LogP contribution in [0, 0.1) is 0 Å². The predicted octanol–water partition coefficient (Wildman–Crippen LogP) is 4.62. The average molecular weight is 274 g/mol. The summed E-state index contributed by atoms with van der Waals surface area (Å²) in [6.45, 7) is 3.18. The Morgan fingerprint density at radius 1 is 1.00 bits per heavy atom.